The molecule has 1 amide bonds. The summed E-state index contributed by atoms with van der Waals surface area (Å²) >= 11 is 6.01. The second-order valence-corrected chi connectivity index (χ2v) is 6.64. The predicted octanol–water partition coefficient (Wildman–Crippen LogP) is 3.04. The molecule has 3 rings (SSSR count). The lowest BCUT2D eigenvalue weighted by molar-refractivity contribution is -0.136. The molecule has 1 fully saturated rings. The van der Waals surface area contributed by atoms with Crippen LogP contribution in [0.15, 0.2) is 30.6 Å². The zero-order valence-corrected chi connectivity index (χ0v) is 14.0. The monoisotopic (exact) mass is 332 g/mol. The number of rotatable bonds is 4. The van der Waals surface area contributed by atoms with Crippen LogP contribution in [-0.2, 0) is 11.2 Å². The van der Waals surface area contributed by atoms with E-state index >= 15 is 0 Å². The summed E-state index contributed by atoms with van der Waals surface area (Å²) < 4.78 is 0. The van der Waals surface area contributed by atoms with Crippen molar-refractivity contribution in [2.75, 3.05) is 13.1 Å². The van der Waals surface area contributed by atoms with Crippen molar-refractivity contribution >= 4 is 17.5 Å². The number of benzene rings is 1. The Balaban J connectivity index is 1.54. The average molecular weight is 333 g/mol. The molecule has 5 nitrogen and oxygen atoms in total. The van der Waals surface area contributed by atoms with Gasteiger partial charge in [-0.1, -0.05) is 30.7 Å². The number of carbonyl (C=O) groups excluding carboxylic acids is 1. The summed E-state index contributed by atoms with van der Waals surface area (Å²) in [7, 11) is 0. The number of amides is 1. The summed E-state index contributed by atoms with van der Waals surface area (Å²) in [6.07, 6.45) is 4.14. The largest absolute Gasteiger partial charge is 0.342 e. The molecule has 0 radical (unpaired) electrons. The number of aromatic amines is 1. The SMILES string of the molecule is CC(Cc1cccc(Cl)c1)C(=O)N1CCC(c2ncn[nH]2)CC1. The number of H-pyrrole nitrogens is 1. The molecule has 2 heterocycles. The summed E-state index contributed by atoms with van der Waals surface area (Å²) in [5, 5.41) is 7.56. The highest BCUT2D eigenvalue weighted by Crippen LogP contribution is 2.26. The first-order valence-corrected chi connectivity index (χ1v) is 8.40. The van der Waals surface area contributed by atoms with Gasteiger partial charge in [-0.05, 0) is 37.0 Å². The molecule has 0 spiro atoms. The Morgan fingerprint density at radius 2 is 2.22 bits per heavy atom. The number of likely N-dealkylation sites (tertiary alicyclic amines) is 1. The maximum absolute atomic E-state index is 12.6. The van der Waals surface area contributed by atoms with Crippen molar-refractivity contribution < 1.29 is 4.79 Å². The number of piperidine rings is 1. The highest BCUT2D eigenvalue weighted by molar-refractivity contribution is 6.30. The minimum atomic E-state index is -0.0321. The molecule has 1 atom stereocenters. The van der Waals surface area contributed by atoms with Crippen LogP contribution in [0, 0.1) is 5.92 Å². The molecule has 0 bridgehead atoms. The third-order valence-electron chi connectivity index (χ3n) is 4.48. The van der Waals surface area contributed by atoms with Crippen molar-refractivity contribution in [3.8, 4) is 0 Å². The van der Waals surface area contributed by atoms with Crippen LogP contribution >= 0.6 is 11.6 Å². The quantitative estimate of drug-likeness (QED) is 0.936. The smallest absolute Gasteiger partial charge is 0.225 e. The molecule has 1 saturated heterocycles. The van der Waals surface area contributed by atoms with Gasteiger partial charge in [-0.3, -0.25) is 9.89 Å². The lowest BCUT2D eigenvalue weighted by Gasteiger charge is -2.32. The molecule has 2 aromatic rings. The highest BCUT2D eigenvalue weighted by atomic mass is 35.5. The van der Waals surface area contributed by atoms with Crippen LogP contribution in [0.1, 0.15) is 37.1 Å². The van der Waals surface area contributed by atoms with Gasteiger partial charge < -0.3 is 4.90 Å². The van der Waals surface area contributed by atoms with Crippen molar-refractivity contribution in [1.82, 2.24) is 20.1 Å². The summed E-state index contributed by atoms with van der Waals surface area (Å²) in [6, 6.07) is 7.73. The molecule has 0 aliphatic carbocycles. The molecule has 1 N–H and O–H groups in total. The molecule has 0 saturated carbocycles. The van der Waals surface area contributed by atoms with E-state index in [0.29, 0.717) is 5.92 Å². The van der Waals surface area contributed by atoms with E-state index in [0.717, 1.165) is 48.8 Å². The number of carbonyl (C=O) groups is 1. The fraction of sp³-hybridized carbons (Fsp3) is 0.471. The topological polar surface area (TPSA) is 61.9 Å². The van der Waals surface area contributed by atoms with E-state index in [1.54, 1.807) is 6.33 Å². The van der Waals surface area contributed by atoms with E-state index in [9.17, 15) is 4.79 Å². The molecule has 1 unspecified atom stereocenters. The standard InChI is InChI=1S/C17H21ClN4O/c1-12(9-13-3-2-4-15(18)10-13)17(23)22-7-5-14(6-8-22)16-19-11-20-21-16/h2-4,10-12,14H,5-9H2,1H3,(H,19,20,21). The Labute approximate surface area is 141 Å². The Kier molecular flexibility index (Phi) is 4.96. The van der Waals surface area contributed by atoms with Gasteiger partial charge >= 0.3 is 0 Å². The maximum Gasteiger partial charge on any atom is 0.225 e. The van der Waals surface area contributed by atoms with Gasteiger partial charge in [-0.2, -0.15) is 5.10 Å². The van der Waals surface area contributed by atoms with Crippen LogP contribution in [0.3, 0.4) is 0 Å². The predicted molar refractivity (Wildman–Crippen MR) is 89.3 cm³/mol. The molecular weight excluding hydrogens is 312 g/mol. The summed E-state index contributed by atoms with van der Waals surface area (Å²) in [5.41, 5.74) is 1.11. The third-order valence-corrected chi connectivity index (χ3v) is 4.71. The van der Waals surface area contributed by atoms with Gasteiger partial charge in [0.2, 0.25) is 5.91 Å². The zero-order chi connectivity index (χ0) is 16.2. The second kappa shape index (κ2) is 7.13. The van der Waals surface area contributed by atoms with Gasteiger partial charge in [-0.25, -0.2) is 4.98 Å². The Morgan fingerprint density at radius 3 is 2.87 bits per heavy atom. The number of aromatic nitrogens is 3. The van der Waals surface area contributed by atoms with Crippen molar-refractivity contribution in [1.29, 1.82) is 0 Å². The molecular formula is C17H21ClN4O. The Hall–Kier alpha value is -1.88. The Morgan fingerprint density at radius 1 is 1.43 bits per heavy atom. The van der Waals surface area contributed by atoms with Gasteiger partial charge in [0.05, 0.1) is 0 Å². The Bertz CT molecular complexity index is 650. The normalized spacial score (nSPS) is 17.2. The van der Waals surface area contributed by atoms with Crippen molar-refractivity contribution in [3.05, 3.63) is 47.0 Å². The van der Waals surface area contributed by atoms with Crippen LogP contribution < -0.4 is 0 Å². The van der Waals surface area contributed by atoms with Crippen molar-refractivity contribution in [2.45, 2.75) is 32.1 Å². The first-order valence-electron chi connectivity index (χ1n) is 8.02. The van der Waals surface area contributed by atoms with Gasteiger partial charge in [0, 0.05) is 29.9 Å². The van der Waals surface area contributed by atoms with Gasteiger partial charge in [0.15, 0.2) is 0 Å². The average Bonchev–Trinajstić information content (AvgIpc) is 3.09. The minimum Gasteiger partial charge on any atom is -0.342 e. The van der Waals surface area contributed by atoms with Crippen LogP contribution in [0.5, 0.6) is 0 Å². The maximum atomic E-state index is 12.6. The fourth-order valence-electron chi connectivity index (χ4n) is 3.20. The van der Waals surface area contributed by atoms with E-state index in [4.69, 9.17) is 11.6 Å². The molecule has 1 aromatic heterocycles. The van der Waals surface area contributed by atoms with E-state index < -0.39 is 0 Å². The van der Waals surface area contributed by atoms with Crippen LogP contribution in [-0.4, -0.2) is 39.1 Å². The fourth-order valence-corrected chi connectivity index (χ4v) is 3.41. The molecule has 1 aliphatic heterocycles. The highest BCUT2D eigenvalue weighted by Gasteiger charge is 2.27. The lowest BCUT2D eigenvalue weighted by atomic mass is 9.94. The number of hydrogen-bond donors (Lipinski definition) is 1. The molecule has 6 heteroatoms. The van der Waals surface area contributed by atoms with Gasteiger partial charge in [0.1, 0.15) is 12.2 Å². The first-order chi connectivity index (χ1) is 11.1. The van der Waals surface area contributed by atoms with Crippen LogP contribution in [0.25, 0.3) is 0 Å². The van der Waals surface area contributed by atoms with Crippen molar-refractivity contribution in [3.63, 3.8) is 0 Å². The summed E-state index contributed by atoms with van der Waals surface area (Å²) in [5.74, 6) is 1.50. The van der Waals surface area contributed by atoms with Gasteiger partial charge in [0.25, 0.3) is 0 Å². The lowest BCUT2D eigenvalue weighted by Crippen LogP contribution is -2.41. The zero-order valence-electron chi connectivity index (χ0n) is 13.2. The number of hydrogen-bond acceptors (Lipinski definition) is 3. The number of nitrogens with one attached hydrogen (secondary N) is 1. The van der Waals surface area contributed by atoms with Gasteiger partial charge in [-0.15, -0.1) is 0 Å². The molecule has 1 aromatic carbocycles. The van der Waals surface area contributed by atoms with E-state index in [1.165, 1.54) is 0 Å². The number of halogens is 1. The third kappa shape index (κ3) is 3.91. The summed E-state index contributed by atoms with van der Waals surface area (Å²) in [6.45, 7) is 3.56. The second-order valence-electron chi connectivity index (χ2n) is 6.21. The van der Waals surface area contributed by atoms with Crippen LogP contribution in [0.4, 0.5) is 0 Å². The first kappa shape index (κ1) is 16.0. The van der Waals surface area contributed by atoms with E-state index in [-0.39, 0.29) is 11.8 Å². The minimum absolute atomic E-state index is 0.0321. The van der Waals surface area contributed by atoms with E-state index in [2.05, 4.69) is 15.2 Å². The van der Waals surface area contributed by atoms with Crippen molar-refractivity contribution in [2.24, 2.45) is 5.92 Å². The van der Waals surface area contributed by atoms with E-state index in [1.807, 2.05) is 36.1 Å². The van der Waals surface area contributed by atoms with Crippen LogP contribution in [0.2, 0.25) is 5.02 Å². The summed E-state index contributed by atoms with van der Waals surface area (Å²) in [4.78, 5) is 18.8. The molecule has 122 valence electrons. The molecule has 1 aliphatic rings. The number of nitrogens with zero attached hydrogens (tertiary/aromatic N) is 3. The molecule has 23 heavy (non-hydrogen) atoms.